The van der Waals surface area contributed by atoms with E-state index < -0.39 is 0 Å². The van der Waals surface area contributed by atoms with Crippen LogP contribution in [0.3, 0.4) is 0 Å². The van der Waals surface area contributed by atoms with E-state index in [2.05, 4.69) is 13.5 Å². The molecule has 48 valence electrons. The molecule has 0 spiro atoms. The summed E-state index contributed by atoms with van der Waals surface area (Å²) in [6.45, 7) is 7.65. The molecule has 8 heavy (non-hydrogen) atoms. The van der Waals surface area contributed by atoms with Crippen LogP contribution in [-0.4, -0.2) is 6.10 Å². The van der Waals surface area contributed by atoms with Crippen LogP contribution in [0.4, 0.5) is 0 Å². The van der Waals surface area contributed by atoms with Gasteiger partial charge in [-0.05, 0) is 13.3 Å². The second-order valence-corrected chi connectivity index (χ2v) is 1.90. The summed E-state index contributed by atoms with van der Waals surface area (Å²) >= 11 is 0. The molecule has 1 unspecified atom stereocenters. The predicted molar refractivity (Wildman–Crippen MR) is 35.7 cm³/mol. The van der Waals surface area contributed by atoms with Crippen LogP contribution in [0.5, 0.6) is 0 Å². The zero-order chi connectivity index (χ0) is 6.41. The van der Waals surface area contributed by atoms with Gasteiger partial charge in [-0.15, -0.1) is 0 Å². The quantitative estimate of drug-likeness (QED) is 0.510. The Morgan fingerprint density at radius 1 is 1.75 bits per heavy atom. The summed E-state index contributed by atoms with van der Waals surface area (Å²) in [5, 5.41) is 0. The molecular formula is C7H14O. The van der Waals surface area contributed by atoms with Crippen molar-refractivity contribution >= 4 is 0 Å². The second-order valence-electron chi connectivity index (χ2n) is 1.90. The van der Waals surface area contributed by atoms with Crippen LogP contribution in [0, 0.1) is 0 Å². The molecular weight excluding hydrogens is 100 g/mol. The minimum Gasteiger partial charge on any atom is -0.499 e. The van der Waals surface area contributed by atoms with Crippen LogP contribution in [-0.2, 0) is 4.74 Å². The van der Waals surface area contributed by atoms with E-state index in [1.807, 2.05) is 6.92 Å². The van der Waals surface area contributed by atoms with E-state index in [0.717, 1.165) is 6.42 Å². The van der Waals surface area contributed by atoms with Gasteiger partial charge in [0.15, 0.2) is 0 Å². The Kier molecular flexibility index (Phi) is 4.42. The maximum atomic E-state index is 5.05. The molecule has 0 aliphatic heterocycles. The van der Waals surface area contributed by atoms with Crippen molar-refractivity contribution in [3.8, 4) is 0 Å². The van der Waals surface area contributed by atoms with Crippen molar-refractivity contribution in [2.24, 2.45) is 0 Å². The molecule has 1 heteroatoms. The Hall–Kier alpha value is -0.460. The minimum atomic E-state index is 0.345. The molecule has 0 aromatic rings. The maximum absolute atomic E-state index is 5.05. The van der Waals surface area contributed by atoms with Crippen LogP contribution >= 0.6 is 0 Å². The summed E-state index contributed by atoms with van der Waals surface area (Å²) in [6, 6.07) is 0. The van der Waals surface area contributed by atoms with E-state index in [1.54, 1.807) is 0 Å². The molecule has 0 fully saturated rings. The van der Waals surface area contributed by atoms with Crippen LogP contribution < -0.4 is 0 Å². The van der Waals surface area contributed by atoms with Crippen molar-refractivity contribution < 1.29 is 4.74 Å². The number of hydrogen-bond acceptors (Lipinski definition) is 1. The Morgan fingerprint density at radius 2 is 2.38 bits per heavy atom. The second kappa shape index (κ2) is 4.69. The summed E-state index contributed by atoms with van der Waals surface area (Å²) in [5.41, 5.74) is 0. The zero-order valence-electron chi connectivity index (χ0n) is 5.68. The molecule has 0 N–H and O–H groups in total. The first-order valence-corrected chi connectivity index (χ1v) is 3.07. The SMILES string of the molecule is C=COC(C)CCC. The molecule has 1 atom stereocenters. The van der Waals surface area contributed by atoms with Gasteiger partial charge in [0.2, 0.25) is 0 Å². The first kappa shape index (κ1) is 7.54. The molecule has 0 amide bonds. The molecule has 1 nitrogen and oxygen atoms in total. The van der Waals surface area contributed by atoms with Crippen molar-refractivity contribution in [2.75, 3.05) is 0 Å². The van der Waals surface area contributed by atoms with Gasteiger partial charge in [0.25, 0.3) is 0 Å². The van der Waals surface area contributed by atoms with Gasteiger partial charge >= 0.3 is 0 Å². The molecule has 0 heterocycles. The lowest BCUT2D eigenvalue weighted by Gasteiger charge is -2.07. The Balaban J connectivity index is 3.03. The molecule has 0 aliphatic rings. The first-order chi connectivity index (χ1) is 3.81. The van der Waals surface area contributed by atoms with Gasteiger partial charge in [-0.25, -0.2) is 0 Å². The number of hydrogen-bond donors (Lipinski definition) is 0. The normalized spacial score (nSPS) is 12.8. The molecule has 0 aromatic heterocycles. The average Bonchev–Trinajstić information content (AvgIpc) is 1.68. The Labute approximate surface area is 51.4 Å². The molecule has 0 aromatic carbocycles. The number of rotatable bonds is 4. The van der Waals surface area contributed by atoms with Gasteiger partial charge in [0.1, 0.15) is 0 Å². The molecule has 0 radical (unpaired) electrons. The van der Waals surface area contributed by atoms with E-state index in [-0.39, 0.29) is 0 Å². The van der Waals surface area contributed by atoms with Crippen LogP contribution in [0.2, 0.25) is 0 Å². The van der Waals surface area contributed by atoms with Gasteiger partial charge < -0.3 is 4.74 Å². The smallest absolute Gasteiger partial charge is 0.0950 e. The molecule has 0 bridgehead atoms. The minimum absolute atomic E-state index is 0.345. The van der Waals surface area contributed by atoms with Crippen molar-refractivity contribution in [2.45, 2.75) is 32.8 Å². The average molecular weight is 114 g/mol. The van der Waals surface area contributed by atoms with Crippen molar-refractivity contribution in [3.63, 3.8) is 0 Å². The summed E-state index contributed by atoms with van der Waals surface area (Å²) in [4.78, 5) is 0. The van der Waals surface area contributed by atoms with E-state index in [1.165, 1.54) is 12.7 Å². The lowest BCUT2D eigenvalue weighted by molar-refractivity contribution is 0.153. The molecule has 0 saturated carbocycles. The zero-order valence-corrected chi connectivity index (χ0v) is 5.68. The van der Waals surface area contributed by atoms with Gasteiger partial charge in [-0.2, -0.15) is 0 Å². The third kappa shape index (κ3) is 3.72. The van der Waals surface area contributed by atoms with Crippen molar-refractivity contribution in [1.29, 1.82) is 0 Å². The lowest BCUT2D eigenvalue weighted by Crippen LogP contribution is -2.01. The van der Waals surface area contributed by atoms with Crippen LogP contribution in [0.15, 0.2) is 12.8 Å². The monoisotopic (exact) mass is 114 g/mol. The lowest BCUT2D eigenvalue weighted by atomic mass is 10.2. The maximum Gasteiger partial charge on any atom is 0.0950 e. The fourth-order valence-electron chi connectivity index (χ4n) is 0.639. The predicted octanol–water partition coefficient (Wildman–Crippen LogP) is 2.34. The van der Waals surface area contributed by atoms with Crippen LogP contribution in [0.1, 0.15) is 26.7 Å². The van der Waals surface area contributed by atoms with E-state index in [4.69, 9.17) is 4.74 Å². The molecule has 0 rings (SSSR count). The van der Waals surface area contributed by atoms with Gasteiger partial charge in [0, 0.05) is 0 Å². The van der Waals surface area contributed by atoms with Gasteiger partial charge in [0.05, 0.1) is 12.4 Å². The molecule has 0 aliphatic carbocycles. The van der Waals surface area contributed by atoms with Gasteiger partial charge in [-0.3, -0.25) is 0 Å². The highest BCUT2D eigenvalue weighted by molar-refractivity contribution is 4.55. The highest BCUT2D eigenvalue weighted by atomic mass is 16.5. The first-order valence-electron chi connectivity index (χ1n) is 3.07. The Bertz CT molecular complexity index is 59.4. The summed E-state index contributed by atoms with van der Waals surface area (Å²) in [5.74, 6) is 0. The largest absolute Gasteiger partial charge is 0.499 e. The van der Waals surface area contributed by atoms with E-state index in [9.17, 15) is 0 Å². The molecule has 0 saturated heterocycles. The highest BCUT2D eigenvalue weighted by Crippen LogP contribution is 1.99. The highest BCUT2D eigenvalue weighted by Gasteiger charge is 1.94. The summed E-state index contributed by atoms with van der Waals surface area (Å²) < 4.78 is 5.05. The van der Waals surface area contributed by atoms with E-state index in [0.29, 0.717) is 6.10 Å². The third-order valence-electron chi connectivity index (χ3n) is 1.02. The van der Waals surface area contributed by atoms with E-state index >= 15 is 0 Å². The van der Waals surface area contributed by atoms with Crippen LogP contribution in [0.25, 0.3) is 0 Å². The standard InChI is InChI=1S/C7H14O/c1-4-6-7(3)8-5-2/h5,7H,2,4,6H2,1,3H3. The summed E-state index contributed by atoms with van der Waals surface area (Å²) in [7, 11) is 0. The van der Waals surface area contributed by atoms with Crippen molar-refractivity contribution in [3.05, 3.63) is 12.8 Å². The third-order valence-corrected chi connectivity index (χ3v) is 1.02. The fraction of sp³-hybridized carbons (Fsp3) is 0.714. The topological polar surface area (TPSA) is 9.23 Å². The van der Waals surface area contributed by atoms with Crippen molar-refractivity contribution in [1.82, 2.24) is 0 Å². The Morgan fingerprint density at radius 3 is 2.75 bits per heavy atom. The number of ether oxygens (including phenoxy) is 1. The fourth-order valence-corrected chi connectivity index (χ4v) is 0.639. The summed E-state index contributed by atoms with van der Waals surface area (Å²) in [6.07, 6.45) is 4.14. The van der Waals surface area contributed by atoms with Gasteiger partial charge in [-0.1, -0.05) is 19.9 Å².